The van der Waals surface area contributed by atoms with Gasteiger partial charge in [0, 0.05) is 13.3 Å². The second-order valence-corrected chi connectivity index (χ2v) is 5.45. The van der Waals surface area contributed by atoms with Crippen molar-refractivity contribution in [2.24, 2.45) is 0 Å². The number of aromatic nitrogens is 2. The van der Waals surface area contributed by atoms with Gasteiger partial charge in [0.15, 0.2) is 0 Å². The summed E-state index contributed by atoms with van der Waals surface area (Å²) in [6.45, 7) is 0.0458. The fourth-order valence-electron chi connectivity index (χ4n) is 2.51. The maximum Gasteiger partial charge on any atom is 0.306 e. The predicted molar refractivity (Wildman–Crippen MR) is 98.0 cm³/mol. The highest BCUT2D eigenvalue weighted by atomic mass is 19.1. The molecule has 2 aromatic carbocycles. The molecule has 0 radical (unpaired) electrons. The van der Waals surface area contributed by atoms with Crippen molar-refractivity contribution in [1.29, 1.82) is 5.41 Å². The van der Waals surface area contributed by atoms with Crippen molar-refractivity contribution >= 4 is 12.0 Å². The molecule has 26 heavy (non-hydrogen) atoms. The van der Waals surface area contributed by atoms with E-state index in [0.717, 1.165) is 6.21 Å². The van der Waals surface area contributed by atoms with Crippen LogP contribution in [-0.2, 0) is 6.61 Å². The van der Waals surface area contributed by atoms with Crippen molar-refractivity contribution in [1.82, 2.24) is 9.55 Å². The van der Waals surface area contributed by atoms with Crippen LogP contribution in [-0.4, -0.2) is 22.8 Å². The summed E-state index contributed by atoms with van der Waals surface area (Å²) in [5.74, 6) is -0.124. The topological polar surface area (TPSA) is 80.0 Å². The molecule has 0 amide bonds. The molecule has 0 aliphatic rings. The first kappa shape index (κ1) is 17.3. The Hall–Kier alpha value is -3.48. The lowest BCUT2D eigenvalue weighted by Gasteiger charge is -2.15. The summed E-state index contributed by atoms with van der Waals surface area (Å²) in [6, 6.07) is 14.9. The van der Waals surface area contributed by atoms with Crippen molar-refractivity contribution in [3.63, 3.8) is 0 Å². The van der Waals surface area contributed by atoms with Gasteiger partial charge in [-0.2, -0.15) is 4.98 Å². The number of hydrogen-bond donors (Lipinski definition) is 2. The van der Waals surface area contributed by atoms with E-state index in [1.165, 1.54) is 16.7 Å². The van der Waals surface area contributed by atoms with Gasteiger partial charge >= 0.3 is 6.01 Å². The predicted octanol–water partition coefficient (Wildman–Crippen LogP) is 2.99. The third kappa shape index (κ3) is 3.46. The Bertz CT molecular complexity index is 987. The van der Waals surface area contributed by atoms with E-state index in [4.69, 9.17) is 10.1 Å². The Balaban J connectivity index is 2.09. The third-order valence-corrected chi connectivity index (χ3v) is 3.74. The molecule has 0 atom stereocenters. The summed E-state index contributed by atoms with van der Waals surface area (Å²) in [5, 5.41) is 10.3. The van der Waals surface area contributed by atoms with Crippen LogP contribution in [0.5, 0.6) is 6.01 Å². The molecule has 132 valence electrons. The fraction of sp³-hybridized carbons (Fsp3) is 0.105. The molecule has 0 fully saturated rings. The van der Waals surface area contributed by atoms with Crippen LogP contribution in [0, 0.1) is 11.2 Å². The third-order valence-electron chi connectivity index (χ3n) is 3.74. The minimum atomic E-state index is -0.431. The summed E-state index contributed by atoms with van der Waals surface area (Å²) in [4.78, 5) is 17.2. The van der Waals surface area contributed by atoms with Crippen LogP contribution in [0.3, 0.4) is 0 Å². The SMILES string of the molecule is CNc1nc(OCc2cccc(F)c2)n(-c2ccccc2)c(=O)c1C=N. The molecule has 1 aromatic heterocycles. The maximum atomic E-state index is 13.4. The molecule has 0 saturated heterocycles. The Labute approximate surface area is 149 Å². The van der Waals surface area contributed by atoms with Crippen molar-refractivity contribution in [2.45, 2.75) is 6.61 Å². The molecule has 0 spiro atoms. The summed E-state index contributed by atoms with van der Waals surface area (Å²) < 4.78 is 20.4. The Kier molecular flexibility index (Phi) is 5.07. The lowest BCUT2D eigenvalue weighted by Crippen LogP contribution is -2.26. The van der Waals surface area contributed by atoms with Gasteiger partial charge in [-0.05, 0) is 29.8 Å². The second-order valence-electron chi connectivity index (χ2n) is 5.45. The molecule has 1 heterocycles. The van der Waals surface area contributed by atoms with E-state index in [-0.39, 0.29) is 29.8 Å². The zero-order valence-corrected chi connectivity index (χ0v) is 14.1. The molecule has 0 bridgehead atoms. The standard InChI is InChI=1S/C19H17FN4O2/c1-22-17-16(11-21)18(25)24(15-8-3-2-4-9-15)19(23-17)26-12-13-6-5-7-14(20)10-13/h2-11,21-22H,12H2,1H3. The lowest BCUT2D eigenvalue weighted by atomic mass is 10.2. The van der Waals surface area contributed by atoms with Gasteiger partial charge in [-0.25, -0.2) is 8.96 Å². The van der Waals surface area contributed by atoms with Crippen LogP contribution in [0.4, 0.5) is 10.2 Å². The number of hydrogen-bond acceptors (Lipinski definition) is 5. The second kappa shape index (κ2) is 7.60. The molecule has 0 aliphatic carbocycles. The van der Waals surface area contributed by atoms with Crippen LogP contribution >= 0.6 is 0 Å². The maximum absolute atomic E-state index is 13.4. The Morgan fingerprint density at radius 1 is 1.23 bits per heavy atom. The van der Waals surface area contributed by atoms with Crippen LogP contribution in [0.15, 0.2) is 59.4 Å². The quantitative estimate of drug-likeness (QED) is 0.669. The average Bonchev–Trinajstić information content (AvgIpc) is 2.66. The zero-order valence-electron chi connectivity index (χ0n) is 14.1. The highest BCUT2D eigenvalue weighted by molar-refractivity contribution is 5.83. The molecule has 0 aliphatic heterocycles. The number of anilines is 1. The molecule has 0 saturated carbocycles. The molecular weight excluding hydrogens is 335 g/mol. The Morgan fingerprint density at radius 3 is 2.65 bits per heavy atom. The summed E-state index contributed by atoms with van der Waals surface area (Å²) in [6.07, 6.45) is 0.955. The first-order chi connectivity index (χ1) is 12.6. The van der Waals surface area contributed by atoms with E-state index in [2.05, 4.69) is 10.3 Å². The van der Waals surface area contributed by atoms with E-state index in [1.54, 1.807) is 43.4 Å². The van der Waals surface area contributed by atoms with Crippen LogP contribution in [0.1, 0.15) is 11.1 Å². The normalized spacial score (nSPS) is 10.4. The smallest absolute Gasteiger partial charge is 0.306 e. The largest absolute Gasteiger partial charge is 0.459 e. The molecule has 6 nitrogen and oxygen atoms in total. The monoisotopic (exact) mass is 352 g/mol. The number of benzene rings is 2. The van der Waals surface area contributed by atoms with Crippen molar-refractivity contribution in [3.8, 4) is 11.7 Å². The van der Waals surface area contributed by atoms with Gasteiger partial charge in [0.25, 0.3) is 5.56 Å². The lowest BCUT2D eigenvalue weighted by molar-refractivity contribution is 0.271. The fourth-order valence-corrected chi connectivity index (χ4v) is 2.51. The van der Waals surface area contributed by atoms with Gasteiger partial charge in [0.2, 0.25) is 0 Å². The Morgan fingerprint density at radius 2 is 2.00 bits per heavy atom. The van der Waals surface area contributed by atoms with Gasteiger partial charge in [-0.15, -0.1) is 0 Å². The number of rotatable bonds is 6. The van der Waals surface area contributed by atoms with Crippen LogP contribution in [0.25, 0.3) is 5.69 Å². The number of halogens is 1. The summed E-state index contributed by atoms with van der Waals surface area (Å²) in [7, 11) is 1.61. The van der Waals surface area contributed by atoms with Gasteiger partial charge in [-0.3, -0.25) is 4.79 Å². The van der Waals surface area contributed by atoms with Crippen molar-refractivity contribution in [3.05, 3.63) is 81.9 Å². The zero-order chi connectivity index (χ0) is 18.5. The minimum Gasteiger partial charge on any atom is -0.459 e. The highest BCUT2D eigenvalue weighted by Gasteiger charge is 2.17. The first-order valence-electron chi connectivity index (χ1n) is 7.92. The van der Waals surface area contributed by atoms with Crippen molar-refractivity contribution < 1.29 is 9.13 Å². The van der Waals surface area contributed by atoms with Gasteiger partial charge in [-0.1, -0.05) is 30.3 Å². The molecule has 3 rings (SSSR count). The average molecular weight is 352 g/mol. The van der Waals surface area contributed by atoms with Gasteiger partial charge in [0.1, 0.15) is 23.8 Å². The number of nitrogens with one attached hydrogen (secondary N) is 2. The van der Waals surface area contributed by atoms with E-state index < -0.39 is 5.56 Å². The van der Waals surface area contributed by atoms with Crippen LogP contribution < -0.4 is 15.6 Å². The van der Waals surface area contributed by atoms with Gasteiger partial charge in [0.05, 0.1) is 5.69 Å². The summed E-state index contributed by atoms with van der Waals surface area (Å²) in [5.41, 5.74) is 0.861. The number of nitrogens with zero attached hydrogens (tertiary/aromatic N) is 2. The van der Waals surface area contributed by atoms with E-state index in [9.17, 15) is 9.18 Å². The molecular formula is C19H17FN4O2. The van der Waals surface area contributed by atoms with E-state index >= 15 is 0 Å². The van der Waals surface area contributed by atoms with Crippen LogP contribution in [0.2, 0.25) is 0 Å². The van der Waals surface area contributed by atoms with Gasteiger partial charge < -0.3 is 15.5 Å². The summed E-state index contributed by atoms with van der Waals surface area (Å²) >= 11 is 0. The molecule has 7 heteroatoms. The highest BCUT2D eigenvalue weighted by Crippen LogP contribution is 2.19. The first-order valence-corrected chi connectivity index (χ1v) is 7.92. The molecule has 3 aromatic rings. The number of ether oxygens (including phenoxy) is 1. The van der Waals surface area contributed by atoms with E-state index in [0.29, 0.717) is 11.3 Å². The van der Waals surface area contributed by atoms with Crippen molar-refractivity contribution in [2.75, 3.05) is 12.4 Å². The molecule has 2 N–H and O–H groups in total. The minimum absolute atomic E-state index is 0.0458. The number of para-hydroxylation sites is 1. The van der Waals surface area contributed by atoms with E-state index in [1.807, 2.05) is 6.07 Å². The molecule has 0 unspecified atom stereocenters.